The maximum atomic E-state index is 13.0. The lowest BCUT2D eigenvalue weighted by Gasteiger charge is -2.16. The highest BCUT2D eigenvalue weighted by Gasteiger charge is 2.39. The first-order chi connectivity index (χ1) is 12.8. The summed E-state index contributed by atoms with van der Waals surface area (Å²) in [6.45, 7) is 0.448. The lowest BCUT2D eigenvalue weighted by molar-refractivity contribution is 0.235. The molecule has 0 spiro atoms. The van der Waals surface area contributed by atoms with Crippen molar-refractivity contribution in [3.63, 3.8) is 0 Å². The van der Waals surface area contributed by atoms with Crippen molar-refractivity contribution < 1.29 is 13.5 Å². The van der Waals surface area contributed by atoms with E-state index in [0.717, 1.165) is 0 Å². The van der Waals surface area contributed by atoms with Gasteiger partial charge in [0.2, 0.25) is 0 Å². The topological polar surface area (TPSA) is 57.6 Å². The minimum absolute atomic E-state index is 0.167. The average molecular weight is 487 g/mol. The molecule has 4 atom stereocenters. The van der Waals surface area contributed by atoms with Crippen LogP contribution in [0.5, 0.6) is 0 Å². The number of aliphatic hydroxyl groups is 1. The van der Waals surface area contributed by atoms with Gasteiger partial charge in [-0.2, -0.15) is 0 Å². The van der Waals surface area contributed by atoms with Crippen LogP contribution >= 0.6 is 46.4 Å². The SMILES string of the molecule is O=S(c1ccc(Cl)c(Cl)c1)[C@H]1CN(S(=O)c2ccc(Cl)cc2Cl)CC1CO. The largest absolute Gasteiger partial charge is 0.396 e. The van der Waals surface area contributed by atoms with Gasteiger partial charge in [-0.3, -0.25) is 4.21 Å². The van der Waals surface area contributed by atoms with Gasteiger partial charge in [-0.1, -0.05) is 46.4 Å². The summed E-state index contributed by atoms with van der Waals surface area (Å²) in [5.74, 6) is -0.296. The molecule has 27 heavy (non-hydrogen) atoms. The van der Waals surface area contributed by atoms with E-state index in [1.54, 1.807) is 34.6 Å². The van der Waals surface area contributed by atoms with E-state index in [0.29, 0.717) is 36.4 Å². The van der Waals surface area contributed by atoms with Gasteiger partial charge >= 0.3 is 0 Å². The predicted octanol–water partition coefficient (Wildman–Crippen LogP) is 4.42. The van der Waals surface area contributed by atoms with Crippen LogP contribution in [-0.2, 0) is 21.8 Å². The van der Waals surface area contributed by atoms with Crippen LogP contribution in [0.15, 0.2) is 46.2 Å². The molecule has 1 fully saturated rings. The van der Waals surface area contributed by atoms with Crippen molar-refractivity contribution in [2.45, 2.75) is 15.0 Å². The normalized spacial score (nSPS) is 22.7. The third-order valence-electron chi connectivity index (χ3n) is 4.30. The fraction of sp³-hybridized carbons (Fsp3) is 0.294. The van der Waals surface area contributed by atoms with Crippen LogP contribution in [0.3, 0.4) is 0 Å². The molecule has 146 valence electrons. The molecule has 3 rings (SSSR count). The van der Waals surface area contributed by atoms with Gasteiger partial charge in [0.25, 0.3) is 0 Å². The molecule has 0 aromatic heterocycles. The summed E-state index contributed by atoms with van der Waals surface area (Å²) in [6, 6.07) is 9.55. The summed E-state index contributed by atoms with van der Waals surface area (Å²) in [7, 11) is -3.00. The Morgan fingerprint density at radius 2 is 1.70 bits per heavy atom. The summed E-state index contributed by atoms with van der Waals surface area (Å²) < 4.78 is 27.6. The van der Waals surface area contributed by atoms with Crippen molar-refractivity contribution in [1.29, 1.82) is 0 Å². The molecule has 4 nitrogen and oxygen atoms in total. The first-order valence-electron chi connectivity index (χ1n) is 7.90. The minimum Gasteiger partial charge on any atom is -0.396 e. The molecule has 0 saturated carbocycles. The van der Waals surface area contributed by atoms with Crippen LogP contribution in [0.1, 0.15) is 0 Å². The Kier molecular flexibility index (Phi) is 7.25. The molecular formula is C17H15Cl4NO3S2. The second-order valence-corrected chi connectivity index (χ2v) is 10.8. The van der Waals surface area contributed by atoms with Crippen LogP contribution in [0, 0.1) is 5.92 Å². The second kappa shape index (κ2) is 9.09. The molecule has 1 saturated heterocycles. The molecule has 10 heteroatoms. The first-order valence-corrected chi connectivity index (χ1v) is 11.7. The van der Waals surface area contributed by atoms with E-state index in [9.17, 15) is 13.5 Å². The van der Waals surface area contributed by atoms with Crippen LogP contribution in [-0.4, -0.2) is 42.8 Å². The van der Waals surface area contributed by atoms with Crippen molar-refractivity contribution in [3.8, 4) is 0 Å². The van der Waals surface area contributed by atoms with E-state index >= 15 is 0 Å². The zero-order valence-corrected chi connectivity index (χ0v) is 18.4. The lowest BCUT2D eigenvalue weighted by Crippen LogP contribution is -2.28. The van der Waals surface area contributed by atoms with Gasteiger partial charge in [0.05, 0.1) is 36.0 Å². The van der Waals surface area contributed by atoms with Crippen molar-refractivity contribution in [3.05, 3.63) is 56.5 Å². The van der Waals surface area contributed by atoms with Gasteiger partial charge in [0, 0.05) is 35.5 Å². The minimum atomic E-state index is -1.55. The van der Waals surface area contributed by atoms with Crippen molar-refractivity contribution in [2.24, 2.45) is 5.92 Å². The summed E-state index contributed by atoms with van der Waals surface area (Å²) in [4.78, 5) is 0.948. The fourth-order valence-corrected chi connectivity index (χ4v) is 6.89. The molecule has 0 bridgehead atoms. The smallest absolute Gasteiger partial charge is 0.129 e. The standard InChI is InChI=1S/C17H15Cl4NO3S2/c18-11-1-4-16(15(21)5-11)27(25)22-7-10(9-23)17(8-22)26(24)12-2-3-13(19)14(20)6-12/h1-6,10,17,23H,7-9H2/t10?,17-,26?,27?/m0/s1. The number of rotatable bonds is 5. The van der Waals surface area contributed by atoms with E-state index in [1.165, 1.54) is 6.07 Å². The number of hydrogen-bond donors (Lipinski definition) is 1. The van der Waals surface area contributed by atoms with Crippen LogP contribution < -0.4 is 0 Å². The number of hydrogen-bond acceptors (Lipinski definition) is 3. The van der Waals surface area contributed by atoms with Gasteiger partial charge < -0.3 is 5.11 Å². The fourth-order valence-electron chi connectivity index (χ4n) is 2.89. The molecule has 1 heterocycles. The molecule has 0 radical (unpaired) electrons. The number of benzene rings is 2. The molecular weight excluding hydrogens is 472 g/mol. The van der Waals surface area contributed by atoms with E-state index in [1.807, 2.05) is 0 Å². The predicted molar refractivity (Wildman–Crippen MR) is 112 cm³/mol. The maximum absolute atomic E-state index is 13.0. The quantitative estimate of drug-likeness (QED) is 0.680. The first kappa shape index (κ1) is 21.5. The number of halogens is 4. The van der Waals surface area contributed by atoms with E-state index in [-0.39, 0.29) is 19.1 Å². The van der Waals surface area contributed by atoms with Gasteiger partial charge in [-0.15, -0.1) is 0 Å². The van der Waals surface area contributed by atoms with Crippen molar-refractivity contribution in [1.82, 2.24) is 4.31 Å². The van der Waals surface area contributed by atoms with Crippen LogP contribution in [0.25, 0.3) is 0 Å². The van der Waals surface area contributed by atoms with Crippen LogP contribution in [0.2, 0.25) is 20.1 Å². The highest BCUT2D eigenvalue weighted by Crippen LogP contribution is 2.32. The molecule has 2 aromatic rings. The van der Waals surface area contributed by atoms with Crippen molar-refractivity contribution in [2.75, 3.05) is 19.7 Å². The number of nitrogens with zero attached hydrogens (tertiary/aromatic N) is 1. The Morgan fingerprint density at radius 1 is 0.963 bits per heavy atom. The van der Waals surface area contributed by atoms with Crippen LogP contribution in [0.4, 0.5) is 0 Å². The number of aliphatic hydroxyl groups excluding tert-OH is 1. The molecule has 2 aromatic carbocycles. The Hall–Kier alpha value is -0.180. The molecule has 0 aliphatic carbocycles. The molecule has 3 unspecified atom stereocenters. The zero-order chi connectivity index (χ0) is 19.7. The monoisotopic (exact) mass is 485 g/mol. The molecule has 1 aliphatic heterocycles. The van der Waals surface area contributed by atoms with Gasteiger partial charge in [-0.25, -0.2) is 8.51 Å². The lowest BCUT2D eigenvalue weighted by atomic mass is 10.1. The summed E-state index contributed by atoms with van der Waals surface area (Å²) in [5.41, 5.74) is 0. The summed E-state index contributed by atoms with van der Waals surface area (Å²) >= 11 is 24.0. The van der Waals surface area contributed by atoms with E-state index < -0.39 is 27.0 Å². The average Bonchev–Trinajstić information content (AvgIpc) is 3.07. The third-order valence-corrected chi connectivity index (χ3v) is 9.00. The Bertz CT molecular complexity index is 912. The van der Waals surface area contributed by atoms with E-state index in [2.05, 4.69) is 0 Å². The Balaban J connectivity index is 1.83. The Morgan fingerprint density at radius 3 is 2.33 bits per heavy atom. The molecule has 0 amide bonds. The second-order valence-electron chi connectivity index (χ2n) is 6.03. The molecule has 1 N–H and O–H groups in total. The van der Waals surface area contributed by atoms with Crippen molar-refractivity contribution >= 4 is 68.2 Å². The highest BCUT2D eigenvalue weighted by atomic mass is 35.5. The summed E-state index contributed by atoms with van der Waals surface area (Å²) in [5, 5.41) is 10.8. The van der Waals surface area contributed by atoms with Gasteiger partial charge in [0.1, 0.15) is 11.0 Å². The van der Waals surface area contributed by atoms with Gasteiger partial charge in [0.15, 0.2) is 0 Å². The maximum Gasteiger partial charge on any atom is 0.129 e. The summed E-state index contributed by atoms with van der Waals surface area (Å²) in [6.07, 6.45) is 0. The molecule has 1 aliphatic rings. The Labute approximate surface area is 182 Å². The van der Waals surface area contributed by atoms with Gasteiger partial charge in [-0.05, 0) is 36.4 Å². The highest BCUT2D eigenvalue weighted by molar-refractivity contribution is 7.86. The zero-order valence-electron chi connectivity index (χ0n) is 13.8. The van der Waals surface area contributed by atoms with E-state index in [4.69, 9.17) is 46.4 Å². The third kappa shape index (κ3) is 4.70.